The van der Waals surface area contributed by atoms with Gasteiger partial charge in [0.05, 0.1) is 0 Å². The fraction of sp³-hybridized carbons (Fsp3) is 1.00. The van der Waals surface area contributed by atoms with E-state index in [2.05, 4.69) is 42.5 Å². The van der Waals surface area contributed by atoms with Gasteiger partial charge in [0, 0.05) is 23.7 Å². The van der Waals surface area contributed by atoms with Gasteiger partial charge in [0.15, 0.2) is 0 Å². The van der Waals surface area contributed by atoms with Gasteiger partial charge in [-0.3, -0.25) is 0 Å². The quantitative estimate of drug-likeness (QED) is 0.439. The largest absolute Gasteiger partial charge is 0.316 e. The first kappa shape index (κ1) is 20.3. The summed E-state index contributed by atoms with van der Waals surface area (Å²) in [6.45, 7) is 4.36. The average molecular weight is 450 g/mol. The summed E-state index contributed by atoms with van der Waals surface area (Å²) in [5.41, 5.74) is 0. The highest BCUT2D eigenvalue weighted by molar-refractivity contribution is 9.09. The summed E-state index contributed by atoms with van der Waals surface area (Å²) >= 11 is 6.72. The van der Waals surface area contributed by atoms with Crippen LogP contribution >= 0.6 is 65.8 Å². The molecule has 0 heterocycles. The molecule has 0 aromatic rings. The van der Waals surface area contributed by atoms with Crippen molar-refractivity contribution in [2.75, 3.05) is 36.8 Å². The van der Waals surface area contributed by atoms with E-state index in [0.29, 0.717) is 0 Å². The zero-order valence-corrected chi connectivity index (χ0v) is 14.1. The van der Waals surface area contributed by atoms with E-state index in [1.807, 2.05) is 0 Å². The Kier molecular flexibility index (Phi) is 30.3. The fourth-order valence-corrected chi connectivity index (χ4v) is 1.28. The van der Waals surface area contributed by atoms with Crippen molar-refractivity contribution in [3.05, 3.63) is 0 Å². The highest BCUT2D eigenvalue weighted by Crippen LogP contribution is 1.78. The van der Waals surface area contributed by atoms with Gasteiger partial charge in [0.1, 0.15) is 0 Å². The number of nitrogens with one attached hydrogen (secondary N) is 2. The molecule has 6 heteroatoms. The Morgan fingerprint density at radius 2 is 1.08 bits per heavy atom. The summed E-state index contributed by atoms with van der Waals surface area (Å²) < 4.78 is 0. The third kappa shape index (κ3) is 20.0. The van der Waals surface area contributed by atoms with Gasteiger partial charge in [-0.25, -0.2) is 0 Å². The molecule has 0 bridgehead atoms. The molecule has 84 valence electrons. The van der Waals surface area contributed by atoms with Crippen molar-refractivity contribution in [1.82, 2.24) is 10.6 Å². The molecular formula is C7H18Br4N2. The lowest BCUT2D eigenvalue weighted by molar-refractivity contribution is 0.624. The monoisotopic (exact) mass is 446 g/mol. The van der Waals surface area contributed by atoms with Gasteiger partial charge < -0.3 is 10.6 Å². The van der Waals surface area contributed by atoms with Crippen molar-refractivity contribution in [2.45, 2.75) is 6.42 Å². The Hall–Kier alpha value is 1.84. The molecule has 0 aromatic carbocycles. The zero-order chi connectivity index (χ0) is 8.36. The Balaban J connectivity index is -0.000000500. The summed E-state index contributed by atoms with van der Waals surface area (Å²) in [5.74, 6) is 0. The van der Waals surface area contributed by atoms with Gasteiger partial charge in [-0.1, -0.05) is 31.9 Å². The SMILES string of the molecule is Br.Br.BrCCNCCCNCCBr. The molecule has 0 aliphatic heterocycles. The van der Waals surface area contributed by atoms with Crippen molar-refractivity contribution in [2.24, 2.45) is 0 Å². The lowest BCUT2D eigenvalue weighted by atomic mass is 10.4. The molecule has 0 aliphatic carbocycles. The predicted octanol–water partition coefficient (Wildman–Crippen LogP) is 2.50. The van der Waals surface area contributed by atoms with Gasteiger partial charge in [0.2, 0.25) is 0 Å². The summed E-state index contributed by atoms with van der Waals surface area (Å²) in [4.78, 5) is 0. The minimum atomic E-state index is 0. The van der Waals surface area contributed by atoms with Crippen molar-refractivity contribution in [3.63, 3.8) is 0 Å². The van der Waals surface area contributed by atoms with E-state index in [9.17, 15) is 0 Å². The van der Waals surface area contributed by atoms with Crippen LogP contribution in [0.4, 0.5) is 0 Å². The third-order valence-electron chi connectivity index (χ3n) is 1.25. The Labute approximate surface area is 119 Å². The molecule has 0 radical (unpaired) electrons. The Bertz CT molecular complexity index is 67.5. The Morgan fingerprint density at radius 3 is 1.38 bits per heavy atom. The normalized spacial score (nSPS) is 8.77. The number of rotatable bonds is 8. The van der Waals surface area contributed by atoms with E-state index in [0.717, 1.165) is 36.8 Å². The van der Waals surface area contributed by atoms with E-state index < -0.39 is 0 Å². The number of hydrogen-bond acceptors (Lipinski definition) is 2. The summed E-state index contributed by atoms with van der Waals surface area (Å²) in [6.07, 6.45) is 1.21. The number of halogens is 4. The number of hydrogen-bond donors (Lipinski definition) is 2. The van der Waals surface area contributed by atoms with Gasteiger partial charge in [0.25, 0.3) is 0 Å². The van der Waals surface area contributed by atoms with Crippen molar-refractivity contribution in [1.29, 1.82) is 0 Å². The molecule has 0 spiro atoms. The van der Waals surface area contributed by atoms with Crippen LogP contribution in [0.2, 0.25) is 0 Å². The molecule has 0 saturated heterocycles. The van der Waals surface area contributed by atoms with Crippen LogP contribution in [0.25, 0.3) is 0 Å². The smallest absolute Gasteiger partial charge is 0.0157 e. The predicted molar refractivity (Wildman–Crippen MR) is 78.6 cm³/mol. The molecule has 0 unspecified atom stereocenters. The van der Waals surface area contributed by atoms with Gasteiger partial charge >= 0.3 is 0 Å². The highest BCUT2D eigenvalue weighted by atomic mass is 79.9. The van der Waals surface area contributed by atoms with E-state index >= 15 is 0 Å². The molecule has 0 saturated carbocycles. The van der Waals surface area contributed by atoms with E-state index in [-0.39, 0.29) is 34.0 Å². The van der Waals surface area contributed by atoms with E-state index in [1.165, 1.54) is 6.42 Å². The van der Waals surface area contributed by atoms with Crippen molar-refractivity contribution < 1.29 is 0 Å². The lowest BCUT2D eigenvalue weighted by Gasteiger charge is -2.02. The maximum absolute atomic E-state index is 3.36. The third-order valence-corrected chi connectivity index (χ3v) is 2.04. The molecule has 0 fully saturated rings. The van der Waals surface area contributed by atoms with Crippen LogP contribution in [-0.2, 0) is 0 Å². The van der Waals surface area contributed by atoms with E-state index in [4.69, 9.17) is 0 Å². The maximum Gasteiger partial charge on any atom is 0.0157 e. The molecule has 0 atom stereocenters. The van der Waals surface area contributed by atoms with Crippen LogP contribution in [0.5, 0.6) is 0 Å². The van der Waals surface area contributed by atoms with Gasteiger partial charge in [-0.15, -0.1) is 34.0 Å². The molecule has 0 aromatic heterocycles. The van der Waals surface area contributed by atoms with Crippen molar-refractivity contribution >= 4 is 65.8 Å². The minimum absolute atomic E-state index is 0. The highest BCUT2D eigenvalue weighted by Gasteiger charge is 1.86. The second-order valence-electron chi connectivity index (χ2n) is 2.23. The second-order valence-corrected chi connectivity index (χ2v) is 3.82. The first-order valence-corrected chi connectivity index (χ1v) is 6.19. The molecule has 0 rings (SSSR count). The second kappa shape index (κ2) is 19.4. The first-order valence-electron chi connectivity index (χ1n) is 3.95. The van der Waals surface area contributed by atoms with E-state index in [1.54, 1.807) is 0 Å². The van der Waals surface area contributed by atoms with Crippen molar-refractivity contribution in [3.8, 4) is 0 Å². The molecular weight excluding hydrogens is 432 g/mol. The standard InChI is InChI=1S/C7H16Br2N2.2BrH/c8-2-6-10-4-1-5-11-7-3-9;;/h10-11H,1-7H2;2*1H. The molecule has 0 amide bonds. The lowest BCUT2D eigenvalue weighted by Crippen LogP contribution is -2.24. The Morgan fingerprint density at radius 1 is 0.692 bits per heavy atom. The fourth-order valence-electron chi connectivity index (χ4n) is 0.722. The molecule has 2 nitrogen and oxygen atoms in total. The van der Waals surface area contributed by atoms with Crippen LogP contribution < -0.4 is 10.6 Å². The van der Waals surface area contributed by atoms with Gasteiger partial charge in [-0.05, 0) is 19.5 Å². The first-order chi connectivity index (χ1) is 5.41. The summed E-state index contributed by atoms with van der Waals surface area (Å²) in [7, 11) is 0. The summed E-state index contributed by atoms with van der Waals surface area (Å²) in [5, 5.41) is 8.71. The molecule has 2 N–H and O–H groups in total. The van der Waals surface area contributed by atoms with Crippen LogP contribution in [-0.4, -0.2) is 36.8 Å². The van der Waals surface area contributed by atoms with Crippen LogP contribution in [0.3, 0.4) is 0 Å². The molecule has 13 heavy (non-hydrogen) atoms. The average Bonchev–Trinajstić information content (AvgIpc) is 2.03. The zero-order valence-electron chi connectivity index (χ0n) is 7.52. The summed E-state index contributed by atoms with van der Waals surface area (Å²) in [6, 6.07) is 0. The van der Waals surface area contributed by atoms with Crippen LogP contribution in [0.1, 0.15) is 6.42 Å². The minimum Gasteiger partial charge on any atom is -0.316 e. The number of alkyl halides is 2. The topological polar surface area (TPSA) is 24.1 Å². The maximum atomic E-state index is 3.36. The van der Waals surface area contributed by atoms with Gasteiger partial charge in [-0.2, -0.15) is 0 Å². The van der Waals surface area contributed by atoms with Crippen LogP contribution in [0, 0.1) is 0 Å². The van der Waals surface area contributed by atoms with Crippen LogP contribution in [0.15, 0.2) is 0 Å². The molecule has 0 aliphatic rings.